The van der Waals surface area contributed by atoms with E-state index in [0.29, 0.717) is 22.1 Å². The van der Waals surface area contributed by atoms with Crippen molar-refractivity contribution in [1.82, 2.24) is 9.97 Å². The van der Waals surface area contributed by atoms with Gasteiger partial charge < -0.3 is 20.2 Å². The van der Waals surface area contributed by atoms with Gasteiger partial charge in [0.25, 0.3) is 0 Å². The fourth-order valence-electron chi connectivity index (χ4n) is 4.15. The van der Waals surface area contributed by atoms with Crippen molar-refractivity contribution in [2.24, 2.45) is 0 Å². The number of nitrogens with two attached hydrogens (primary N) is 1. The summed E-state index contributed by atoms with van der Waals surface area (Å²) < 4.78 is 38.3. The molecule has 2 heterocycles. The van der Waals surface area contributed by atoms with E-state index in [1.54, 1.807) is 43.3 Å². The lowest BCUT2D eigenvalue weighted by Gasteiger charge is -2.20. The van der Waals surface area contributed by atoms with Crippen LogP contribution in [0.5, 0.6) is 0 Å². The molecule has 4 rings (SSSR count). The summed E-state index contributed by atoms with van der Waals surface area (Å²) in [5.74, 6) is -0.0426. The molecule has 2 aromatic heterocycles. The molecular weight excluding hydrogens is 504 g/mol. The van der Waals surface area contributed by atoms with E-state index in [0.717, 1.165) is 0 Å². The number of benzene rings is 2. The first-order valence-corrected chi connectivity index (χ1v) is 12.0. The number of rotatable bonds is 10. The van der Waals surface area contributed by atoms with Gasteiger partial charge in [-0.2, -0.15) is 0 Å². The molecule has 1 unspecified atom stereocenters. The summed E-state index contributed by atoms with van der Waals surface area (Å²) in [6, 6.07) is 11.8. The Bertz CT molecular complexity index is 1630. The summed E-state index contributed by atoms with van der Waals surface area (Å²) in [6.45, 7) is 1.21. The lowest BCUT2D eigenvalue weighted by molar-refractivity contribution is 0.233. The molecule has 39 heavy (non-hydrogen) atoms. The predicted octanol–water partition coefficient (Wildman–Crippen LogP) is 5.61. The topological polar surface area (TPSA) is 127 Å². The van der Waals surface area contributed by atoms with Gasteiger partial charge in [-0.1, -0.05) is 36.4 Å². The molecular formula is C29H27F2N5O3. The van der Waals surface area contributed by atoms with E-state index in [1.165, 1.54) is 43.8 Å². The van der Waals surface area contributed by atoms with E-state index in [4.69, 9.17) is 20.3 Å². The molecule has 0 saturated carbocycles. The van der Waals surface area contributed by atoms with Crippen LogP contribution in [-0.4, -0.2) is 36.1 Å². The molecule has 0 fully saturated rings. The second kappa shape index (κ2) is 12.2. The molecule has 1 atom stereocenters. The quantitative estimate of drug-likeness (QED) is 0.179. The number of para-hydroxylation sites is 1. The average molecular weight is 532 g/mol. The number of fused-ring (bicyclic) bond motifs is 1. The van der Waals surface area contributed by atoms with Crippen LogP contribution in [0.15, 0.2) is 87.9 Å². The Morgan fingerprint density at radius 3 is 2.77 bits per heavy atom. The maximum Gasteiger partial charge on any atom is 0.200 e. The molecule has 4 aromatic rings. The number of allylic oxidation sites excluding steroid dienone is 3. The highest BCUT2D eigenvalue weighted by Gasteiger charge is 2.24. The SMILES string of the molecule is COC/C=C(\C=C/CF)C(=N)c1c(N)ncnc1NC(C)c1oc2ccccc2c(=O)c1-c1cccc(F)c1. The summed E-state index contributed by atoms with van der Waals surface area (Å²) in [6.07, 6.45) is 5.56. The van der Waals surface area contributed by atoms with E-state index < -0.39 is 18.5 Å². The van der Waals surface area contributed by atoms with Crippen molar-refractivity contribution < 1.29 is 17.9 Å². The molecule has 0 spiro atoms. The van der Waals surface area contributed by atoms with Crippen LogP contribution in [-0.2, 0) is 4.74 Å². The van der Waals surface area contributed by atoms with E-state index in [-0.39, 0.29) is 46.3 Å². The van der Waals surface area contributed by atoms with Crippen LogP contribution < -0.4 is 16.5 Å². The normalized spacial score (nSPS) is 12.7. The number of hydrogen-bond donors (Lipinski definition) is 3. The fraction of sp³-hybridized carbons (Fsp3) is 0.172. The Hall–Kier alpha value is -4.70. The van der Waals surface area contributed by atoms with Gasteiger partial charge in [-0.3, -0.25) is 10.2 Å². The second-order valence-corrected chi connectivity index (χ2v) is 8.57. The van der Waals surface area contributed by atoms with E-state index >= 15 is 0 Å². The molecule has 4 N–H and O–H groups in total. The Morgan fingerprint density at radius 1 is 1.23 bits per heavy atom. The molecule has 0 amide bonds. The Balaban J connectivity index is 1.83. The Morgan fingerprint density at radius 2 is 2.03 bits per heavy atom. The largest absolute Gasteiger partial charge is 0.458 e. The molecule has 0 saturated heterocycles. The van der Waals surface area contributed by atoms with Gasteiger partial charge in [0.15, 0.2) is 0 Å². The third-order valence-corrected chi connectivity index (χ3v) is 5.96. The molecule has 0 aliphatic rings. The lowest BCUT2D eigenvalue weighted by Crippen LogP contribution is -2.19. The smallest absolute Gasteiger partial charge is 0.200 e. The number of halogens is 2. The van der Waals surface area contributed by atoms with Crippen molar-refractivity contribution >= 4 is 28.3 Å². The van der Waals surface area contributed by atoms with Gasteiger partial charge in [0.1, 0.15) is 41.8 Å². The van der Waals surface area contributed by atoms with Gasteiger partial charge in [0.05, 0.1) is 34.9 Å². The molecule has 10 heteroatoms. The number of ether oxygens (including phenoxy) is 1. The Labute approximate surface area is 223 Å². The standard InChI is InChI=1S/C29H27F2N5O3/c1-17(36-29-24(28(33)34-16-35-29)25(32)18(8-6-13-30)12-14-38-2)27-23(19-7-5-9-20(31)15-19)26(37)21-10-3-4-11-22(21)39-27/h3-12,15-17,32H,13-14H2,1-2H3,(H3,33,34,35,36)/b8-6-,18-12+,32-25?. The number of hydrogen-bond acceptors (Lipinski definition) is 8. The molecule has 0 bridgehead atoms. The van der Waals surface area contributed by atoms with Crippen LogP contribution in [0, 0.1) is 11.2 Å². The van der Waals surface area contributed by atoms with Crippen LogP contribution >= 0.6 is 0 Å². The summed E-state index contributed by atoms with van der Waals surface area (Å²) in [4.78, 5) is 21.9. The number of aromatic nitrogens is 2. The van der Waals surface area contributed by atoms with Crippen LogP contribution in [0.2, 0.25) is 0 Å². The van der Waals surface area contributed by atoms with E-state index in [2.05, 4.69) is 15.3 Å². The number of methoxy groups -OCH3 is 1. The van der Waals surface area contributed by atoms with Gasteiger partial charge in [-0.15, -0.1) is 0 Å². The first-order valence-electron chi connectivity index (χ1n) is 12.0. The molecule has 2 aromatic carbocycles. The van der Waals surface area contributed by atoms with Gasteiger partial charge >= 0.3 is 0 Å². The van der Waals surface area contributed by atoms with E-state index in [9.17, 15) is 13.6 Å². The van der Waals surface area contributed by atoms with Gasteiger partial charge in [-0.25, -0.2) is 18.7 Å². The van der Waals surface area contributed by atoms with Crippen LogP contribution in [0.25, 0.3) is 22.1 Å². The molecule has 8 nitrogen and oxygen atoms in total. The third-order valence-electron chi connectivity index (χ3n) is 5.96. The second-order valence-electron chi connectivity index (χ2n) is 8.57. The Kier molecular flexibility index (Phi) is 8.57. The van der Waals surface area contributed by atoms with E-state index in [1.807, 2.05) is 0 Å². The van der Waals surface area contributed by atoms with Gasteiger partial charge in [-0.05, 0) is 48.4 Å². The van der Waals surface area contributed by atoms with Crippen LogP contribution in [0.3, 0.4) is 0 Å². The van der Waals surface area contributed by atoms with Crippen molar-refractivity contribution in [3.8, 4) is 11.1 Å². The third kappa shape index (κ3) is 5.91. The monoisotopic (exact) mass is 531 g/mol. The zero-order valence-electron chi connectivity index (χ0n) is 21.4. The number of alkyl halides is 1. The highest BCUT2D eigenvalue weighted by atomic mass is 19.1. The molecule has 0 aliphatic carbocycles. The molecule has 0 radical (unpaired) electrons. The molecule has 200 valence electrons. The predicted molar refractivity (Wildman–Crippen MR) is 148 cm³/mol. The van der Waals surface area contributed by atoms with Crippen molar-refractivity contribution in [3.05, 3.63) is 106 Å². The first-order chi connectivity index (χ1) is 18.8. The highest BCUT2D eigenvalue weighted by molar-refractivity contribution is 6.17. The lowest BCUT2D eigenvalue weighted by atomic mass is 9.98. The summed E-state index contributed by atoms with van der Waals surface area (Å²) >= 11 is 0. The number of nitrogens with one attached hydrogen (secondary N) is 2. The summed E-state index contributed by atoms with van der Waals surface area (Å²) in [5.41, 5.74) is 7.22. The average Bonchev–Trinajstić information content (AvgIpc) is 2.93. The number of nitrogens with zero attached hydrogens (tertiary/aromatic N) is 2. The minimum atomic E-state index is -0.718. The number of nitrogen functional groups attached to an aromatic ring is 1. The fourth-order valence-corrected chi connectivity index (χ4v) is 4.15. The maximum absolute atomic E-state index is 14.2. The van der Waals surface area contributed by atoms with Crippen molar-refractivity contribution in [2.75, 3.05) is 31.4 Å². The maximum atomic E-state index is 14.2. The number of anilines is 2. The first kappa shape index (κ1) is 27.3. The van der Waals surface area contributed by atoms with Crippen molar-refractivity contribution in [3.63, 3.8) is 0 Å². The summed E-state index contributed by atoms with van der Waals surface area (Å²) in [7, 11) is 1.50. The van der Waals surface area contributed by atoms with Crippen LogP contribution in [0.1, 0.15) is 24.3 Å². The van der Waals surface area contributed by atoms with Crippen molar-refractivity contribution in [2.45, 2.75) is 13.0 Å². The minimum Gasteiger partial charge on any atom is -0.458 e. The van der Waals surface area contributed by atoms with Crippen molar-refractivity contribution in [1.29, 1.82) is 5.41 Å². The highest BCUT2D eigenvalue weighted by Crippen LogP contribution is 2.32. The molecule has 0 aliphatic heterocycles. The van der Waals surface area contributed by atoms with Gasteiger partial charge in [0, 0.05) is 7.11 Å². The van der Waals surface area contributed by atoms with Gasteiger partial charge in [0.2, 0.25) is 5.43 Å². The minimum absolute atomic E-state index is 0.0204. The zero-order chi connectivity index (χ0) is 27.9. The van der Waals surface area contributed by atoms with Crippen LogP contribution in [0.4, 0.5) is 20.4 Å². The zero-order valence-corrected chi connectivity index (χ0v) is 21.4. The summed E-state index contributed by atoms with van der Waals surface area (Å²) in [5, 5.41) is 12.3.